The van der Waals surface area contributed by atoms with Crippen LogP contribution in [0.2, 0.25) is 0 Å². The summed E-state index contributed by atoms with van der Waals surface area (Å²) in [5.41, 5.74) is 3.19. The molecule has 1 atom stereocenters. The summed E-state index contributed by atoms with van der Waals surface area (Å²) in [5, 5.41) is 9.20. The van der Waals surface area contributed by atoms with Gasteiger partial charge in [0, 0.05) is 7.11 Å². The highest BCUT2D eigenvalue weighted by Crippen LogP contribution is 2.36. The highest BCUT2D eigenvalue weighted by Gasteiger charge is 2.27. The van der Waals surface area contributed by atoms with Gasteiger partial charge >= 0.3 is 5.97 Å². The van der Waals surface area contributed by atoms with Crippen LogP contribution in [0, 0.1) is 18.3 Å². The maximum atomic E-state index is 11.2. The highest BCUT2D eigenvalue weighted by molar-refractivity contribution is 5.77. The van der Waals surface area contributed by atoms with Gasteiger partial charge in [-0.2, -0.15) is 0 Å². The van der Waals surface area contributed by atoms with Gasteiger partial charge in [-0.1, -0.05) is 25.2 Å². The summed E-state index contributed by atoms with van der Waals surface area (Å²) in [6.07, 6.45) is 12.1. The van der Waals surface area contributed by atoms with Crippen LogP contribution in [0.3, 0.4) is 0 Å². The van der Waals surface area contributed by atoms with Crippen molar-refractivity contribution in [2.24, 2.45) is 5.92 Å². The van der Waals surface area contributed by atoms with Crippen LogP contribution >= 0.6 is 0 Å². The van der Waals surface area contributed by atoms with Crippen molar-refractivity contribution in [3.63, 3.8) is 0 Å². The molecule has 0 fully saturated rings. The normalized spacial score (nSPS) is 19.1. The lowest BCUT2D eigenvalue weighted by molar-refractivity contribution is -0.140. The summed E-state index contributed by atoms with van der Waals surface area (Å²) in [6, 6.07) is 0. The molecule has 1 unspecified atom stereocenters. The molecule has 0 aromatic rings. The molecule has 0 aliphatic heterocycles. The van der Waals surface area contributed by atoms with Crippen LogP contribution in [0.5, 0.6) is 0 Å². The highest BCUT2D eigenvalue weighted by atomic mass is 16.5. The first-order chi connectivity index (χ1) is 9.56. The number of terminal acetylenes is 1. The molecule has 0 heterocycles. The quantitative estimate of drug-likeness (QED) is 0.781. The third kappa shape index (κ3) is 5.07. The second kappa shape index (κ2) is 10.1. The van der Waals surface area contributed by atoms with Crippen molar-refractivity contribution in [1.82, 2.24) is 0 Å². The Labute approximate surface area is 122 Å². The number of ether oxygens (including phenoxy) is 1. The number of hydrogen-bond donors (Lipinski definition) is 1. The topological polar surface area (TPSA) is 46.5 Å². The van der Waals surface area contributed by atoms with E-state index in [9.17, 15) is 9.90 Å². The molecule has 0 bridgehead atoms. The lowest BCUT2D eigenvalue weighted by Crippen LogP contribution is -2.15. The molecule has 0 radical (unpaired) electrons. The molecule has 0 amide bonds. The van der Waals surface area contributed by atoms with E-state index < -0.39 is 11.9 Å². The molecule has 1 aliphatic carbocycles. The number of rotatable bonds is 5. The van der Waals surface area contributed by atoms with Crippen LogP contribution in [0.25, 0.3) is 0 Å². The standard InChI is InChI=1S/C14H20O3.C3H4/c1-4-11-10(8-9-17-3)6-7-13(11)12(5-2)14(15)16;1-3-2/h4,7-8,12H,5-6,9H2,1-3H3,(H,15,16);1H,2H3/b10-8-,11-4+;. The number of allylic oxidation sites excluding steroid dienone is 4. The summed E-state index contributed by atoms with van der Waals surface area (Å²) in [7, 11) is 1.65. The third-order valence-electron chi connectivity index (χ3n) is 3.07. The summed E-state index contributed by atoms with van der Waals surface area (Å²) < 4.78 is 5.02. The van der Waals surface area contributed by atoms with Crippen molar-refractivity contribution in [1.29, 1.82) is 0 Å². The lowest BCUT2D eigenvalue weighted by Gasteiger charge is -2.14. The first kappa shape index (κ1) is 18.2. The smallest absolute Gasteiger partial charge is 0.310 e. The summed E-state index contributed by atoms with van der Waals surface area (Å²) in [4.78, 5) is 11.2. The van der Waals surface area contributed by atoms with E-state index in [2.05, 4.69) is 12.3 Å². The number of carboxylic acid groups (broad SMARTS) is 1. The fourth-order valence-corrected chi connectivity index (χ4v) is 2.21. The maximum Gasteiger partial charge on any atom is 0.310 e. The molecule has 1 rings (SSSR count). The molecule has 20 heavy (non-hydrogen) atoms. The van der Waals surface area contributed by atoms with Crippen molar-refractivity contribution in [3.8, 4) is 12.3 Å². The van der Waals surface area contributed by atoms with E-state index in [4.69, 9.17) is 4.74 Å². The predicted molar refractivity (Wildman–Crippen MR) is 82.3 cm³/mol. The van der Waals surface area contributed by atoms with Gasteiger partial charge in [-0.15, -0.1) is 12.3 Å². The second-order valence-electron chi connectivity index (χ2n) is 4.34. The molecule has 110 valence electrons. The molecule has 0 spiro atoms. The van der Waals surface area contributed by atoms with Crippen LogP contribution in [0.1, 0.15) is 33.6 Å². The van der Waals surface area contributed by atoms with Crippen molar-refractivity contribution in [3.05, 3.63) is 34.9 Å². The van der Waals surface area contributed by atoms with Gasteiger partial charge in [0.05, 0.1) is 12.5 Å². The zero-order chi connectivity index (χ0) is 15.5. The SMILES string of the molecule is C#CC.C/C=C1/C(C(CC)C(=O)O)=CC/C1=C/COC. The Bertz CT molecular complexity index is 447. The van der Waals surface area contributed by atoms with Gasteiger partial charge in [-0.25, -0.2) is 0 Å². The van der Waals surface area contributed by atoms with E-state index in [1.54, 1.807) is 14.0 Å². The number of aliphatic carboxylic acids is 1. The number of hydrogen-bond acceptors (Lipinski definition) is 2. The minimum absolute atomic E-state index is 0.394. The van der Waals surface area contributed by atoms with Crippen LogP contribution < -0.4 is 0 Å². The predicted octanol–water partition coefficient (Wildman–Crippen LogP) is 3.59. The molecule has 0 saturated carbocycles. The first-order valence-corrected chi connectivity index (χ1v) is 6.72. The Morgan fingerprint density at radius 1 is 1.65 bits per heavy atom. The number of methoxy groups -OCH3 is 1. The van der Waals surface area contributed by atoms with Crippen LogP contribution in [-0.4, -0.2) is 24.8 Å². The van der Waals surface area contributed by atoms with Crippen molar-refractivity contribution in [2.75, 3.05) is 13.7 Å². The van der Waals surface area contributed by atoms with E-state index >= 15 is 0 Å². The Hall–Kier alpha value is -1.79. The molecular formula is C17H24O3. The summed E-state index contributed by atoms with van der Waals surface area (Å²) in [6.45, 7) is 6.07. The maximum absolute atomic E-state index is 11.2. The van der Waals surface area contributed by atoms with Gasteiger partial charge in [-0.05, 0) is 43.4 Å². The Kier molecular flexibility index (Phi) is 9.15. The second-order valence-corrected chi connectivity index (χ2v) is 4.34. The van der Waals surface area contributed by atoms with Gasteiger partial charge in [-0.3, -0.25) is 4.79 Å². The van der Waals surface area contributed by atoms with E-state index in [0.29, 0.717) is 13.0 Å². The molecule has 0 aromatic heterocycles. The number of carboxylic acids is 1. The summed E-state index contributed by atoms with van der Waals surface area (Å²) in [5.74, 6) is 1.11. The third-order valence-corrected chi connectivity index (χ3v) is 3.07. The average Bonchev–Trinajstić information content (AvgIpc) is 2.80. The molecular weight excluding hydrogens is 252 g/mol. The van der Waals surface area contributed by atoms with E-state index in [-0.39, 0.29) is 0 Å². The fourth-order valence-electron chi connectivity index (χ4n) is 2.21. The fraction of sp³-hybridized carbons (Fsp3) is 0.471. The van der Waals surface area contributed by atoms with Crippen LogP contribution in [-0.2, 0) is 9.53 Å². The Balaban J connectivity index is 0.00000110. The van der Waals surface area contributed by atoms with E-state index in [1.807, 2.05) is 32.1 Å². The molecule has 0 saturated heterocycles. The molecule has 1 aliphatic rings. The van der Waals surface area contributed by atoms with Crippen molar-refractivity contribution in [2.45, 2.75) is 33.6 Å². The lowest BCUT2D eigenvalue weighted by atomic mass is 9.91. The van der Waals surface area contributed by atoms with Crippen molar-refractivity contribution >= 4 is 5.97 Å². The van der Waals surface area contributed by atoms with Crippen molar-refractivity contribution < 1.29 is 14.6 Å². The first-order valence-electron chi connectivity index (χ1n) is 6.72. The monoisotopic (exact) mass is 276 g/mol. The largest absolute Gasteiger partial charge is 0.481 e. The minimum Gasteiger partial charge on any atom is -0.481 e. The van der Waals surface area contributed by atoms with Gasteiger partial charge in [0.1, 0.15) is 0 Å². The van der Waals surface area contributed by atoms with Crippen LogP contribution in [0.4, 0.5) is 0 Å². The molecule has 3 heteroatoms. The van der Waals surface area contributed by atoms with Gasteiger partial charge in [0.2, 0.25) is 0 Å². The Morgan fingerprint density at radius 3 is 2.65 bits per heavy atom. The van der Waals surface area contributed by atoms with Gasteiger partial charge in [0.25, 0.3) is 0 Å². The summed E-state index contributed by atoms with van der Waals surface area (Å²) >= 11 is 0. The van der Waals surface area contributed by atoms with Gasteiger partial charge in [0.15, 0.2) is 0 Å². The number of carbonyl (C=O) groups is 1. The average molecular weight is 276 g/mol. The van der Waals surface area contributed by atoms with Crippen LogP contribution in [0.15, 0.2) is 34.9 Å². The minimum atomic E-state index is -0.744. The Morgan fingerprint density at radius 2 is 2.25 bits per heavy atom. The van der Waals surface area contributed by atoms with E-state index in [1.165, 1.54) is 5.57 Å². The molecule has 1 N–H and O–H groups in total. The zero-order valence-electron chi connectivity index (χ0n) is 12.8. The molecule has 0 aromatic carbocycles. The molecule has 3 nitrogen and oxygen atoms in total. The van der Waals surface area contributed by atoms with E-state index in [0.717, 1.165) is 17.6 Å². The van der Waals surface area contributed by atoms with Gasteiger partial charge < -0.3 is 9.84 Å². The zero-order valence-corrected chi connectivity index (χ0v) is 12.8.